The fourth-order valence-corrected chi connectivity index (χ4v) is 7.46. The summed E-state index contributed by atoms with van der Waals surface area (Å²) < 4.78 is 16.8. The van der Waals surface area contributed by atoms with Gasteiger partial charge in [0.05, 0.1) is 13.2 Å². The molecule has 1 N–H and O–H groups in total. The molecule has 3 rings (SSSR count). The van der Waals surface area contributed by atoms with E-state index >= 15 is 0 Å². The van der Waals surface area contributed by atoms with Gasteiger partial charge in [0.25, 0.3) is 0 Å². The molecule has 256 valence electrons. The molecule has 46 heavy (non-hydrogen) atoms. The summed E-state index contributed by atoms with van der Waals surface area (Å²) in [6, 6.07) is 4.04. The van der Waals surface area contributed by atoms with Crippen LogP contribution in [0, 0.1) is 35.5 Å². The second kappa shape index (κ2) is 17.5. The third-order valence-corrected chi connectivity index (χ3v) is 9.56. The molecule has 0 heterocycles. The molecule has 12 heteroatoms. The van der Waals surface area contributed by atoms with Crippen LogP contribution in [-0.4, -0.2) is 89.7 Å². The zero-order valence-corrected chi connectivity index (χ0v) is 28.8. The van der Waals surface area contributed by atoms with Gasteiger partial charge in [0, 0.05) is 30.8 Å². The Kier molecular flexibility index (Phi) is 14.3. The second-order valence-electron chi connectivity index (χ2n) is 12.5. The number of ketones is 2. The van der Waals surface area contributed by atoms with E-state index in [1.54, 1.807) is 13.8 Å². The Labute approximate surface area is 281 Å². The Balaban J connectivity index is 2.21. The summed E-state index contributed by atoms with van der Waals surface area (Å²) in [5, 5.41) is 9.92. The van der Waals surface area contributed by atoms with Crippen LogP contribution in [-0.2, 0) is 38.2 Å². The van der Waals surface area contributed by atoms with Gasteiger partial charge in [0.15, 0.2) is 11.6 Å². The number of phenolic OH excluding ortho intramolecular Hbond substituents is 1. The molecule has 0 radical (unpaired) electrons. The Morgan fingerprint density at radius 3 is 1.89 bits per heavy atom. The largest absolute Gasteiger partial charge is 0.508 e. The third kappa shape index (κ3) is 8.61. The number of ether oxygens (including phenoxy) is 3. The summed E-state index contributed by atoms with van der Waals surface area (Å²) >= 11 is 12.3. The lowest BCUT2D eigenvalue weighted by atomic mass is 9.62. The van der Waals surface area contributed by atoms with Crippen LogP contribution in [0.15, 0.2) is 24.3 Å². The minimum atomic E-state index is -1.77. The zero-order valence-electron chi connectivity index (χ0n) is 27.3. The van der Waals surface area contributed by atoms with Crippen molar-refractivity contribution in [1.29, 1.82) is 0 Å². The molecule has 0 bridgehead atoms. The van der Waals surface area contributed by atoms with E-state index in [-0.39, 0.29) is 61.2 Å². The Bertz CT molecular complexity index is 1180. The van der Waals surface area contributed by atoms with Crippen LogP contribution in [0.25, 0.3) is 0 Å². The summed E-state index contributed by atoms with van der Waals surface area (Å²) in [6.45, 7) is 9.39. The maximum atomic E-state index is 14.6. The molecule has 2 saturated carbocycles. The Morgan fingerprint density at radius 2 is 1.43 bits per heavy atom. The third-order valence-electron chi connectivity index (χ3n) is 9.23. The van der Waals surface area contributed by atoms with E-state index in [0.717, 1.165) is 12.8 Å². The van der Waals surface area contributed by atoms with Crippen LogP contribution in [0.5, 0.6) is 5.75 Å². The second-order valence-corrected chi connectivity index (χ2v) is 13.3. The predicted molar refractivity (Wildman–Crippen MR) is 173 cm³/mol. The molecule has 1 aromatic carbocycles. The summed E-state index contributed by atoms with van der Waals surface area (Å²) in [4.78, 5) is 72.2. The molecule has 0 spiro atoms. The van der Waals surface area contributed by atoms with E-state index in [4.69, 9.17) is 37.4 Å². The highest BCUT2D eigenvalue weighted by Crippen LogP contribution is 2.45. The number of Topliss-reactive ketones (excluding diaryl/α,β-unsaturated/α-hetero) is 2. The van der Waals surface area contributed by atoms with Crippen molar-refractivity contribution in [3.8, 4) is 5.75 Å². The van der Waals surface area contributed by atoms with Gasteiger partial charge < -0.3 is 19.3 Å². The number of carbonyl (C=O) groups excluding carboxylic acids is 5. The van der Waals surface area contributed by atoms with Crippen molar-refractivity contribution < 1.29 is 43.3 Å². The maximum absolute atomic E-state index is 14.6. The van der Waals surface area contributed by atoms with Crippen LogP contribution in [0.1, 0.15) is 65.4 Å². The van der Waals surface area contributed by atoms with E-state index in [1.807, 2.05) is 0 Å². The molecule has 0 saturated heterocycles. The number of halogens is 2. The van der Waals surface area contributed by atoms with Gasteiger partial charge in [-0.05, 0) is 62.1 Å². The molecule has 1 aromatic rings. The molecule has 2 aliphatic carbocycles. The van der Waals surface area contributed by atoms with Crippen molar-refractivity contribution in [1.82, 2.24) is 4.90 Å². The minimum Gasteiger partial charge on any atom is -0.508 e. The Hall–Kier alpha value is -2.69. The number of benzene rings is 1. The SMILES string of the molecule is CCOC(=O)[C@@H]1C(=O)C([C@@H](C(=O)O[C@@H]2C[C@H](C)CC[C@@H]2C(C)C)N(CCCl)CCCl)C(=O)[C@H](C(=O)OCC)C1c1ccc(O)cc1. The highest BCUT2D eigenvalue weighted by atomic mass is 35.5. The molecule has 2 unspecified atom stereocenters. The van der Waals surface area contributed by atoms with Gasteiger partial charge in [-0.15, -0.1) is 23.2 Å². The van der Waals surface area contributed by atoms with Gasteiger partial charge in [0.2, 0.25) is 0 Å². The first-order valence-electron chi connectivity index (χ1n) is 16.2. The average Bonchev–Trinajstić information content (AvgIpc) is 2.99. The van der Waals surface area contributed by atoms with E-state index < -0.39 is 65.3 Å². The lowest BCUT2D eigenvalue weighted by Gasteiger charge is -2.43. The fraction of sp³-hybridized carbons (Fsp3) is 0.676. The summed E-state index contributed by atoms with van der Waals surface area (Å²) in [6.07, 6.45) is 2.03. The zero-order chi connectivity index (χ0) is 34.1. The maximum Gasteiger partial charge on any atom is 0.324 e. The highest BCUT2D eigenvalue weighted by molar-refractivity contribution is 6.21. The molecule has 8 atom stereocenters. The van der Waals surface area contributed by atoms with Gasteiger partial charge in [-0.3, -0.25) is 28.9 Å². The molecule has 0 amide bonds. The van der Waals surface area contributed by atoms with Gasteiger partial charge in [-0.2, -0.15) is 0 Å². The van der Waals surface area contributed by atoms with Crippen LogP contribution in [0.2, 0.25) is 0 Å². The quantitative estimate of drug-likeness (QED) is 0.127. The Morgan fingerprint density at radius 1 is 0.913 bits per heavy atom. The first-order valence-corrected chi connectivity index (χ1v) is 17.2. The molecule has 0 aliphatic heterocycles. The molecule has 2 aliphatic rings. The first kappa shape index (κ1) is 37.8. The highest BCUT2D eigenvalue weighted by Gasteiger charge is 2.60. The first-order chi connectivity index (χ1) is 21.9. The number of rotatable bonds is 14. The van der Waals surface area contributed by atoms with Crippen LogP contribution in [0.3, 0.4) is 0 Å². The molecule has 2 fully saturated rings. The monoisotopic (exact) mass is 683 g/mol. The number of esters is 3. The smallest absolute Gasteiger partial charge is 0.324 e. The van der Waals surface area contributed by atoms with Crippen molar-refractivity contribution >= 4 is 52.7 Å². The minimum absolute atomic E-state index is 0.0452. The number of carbonyl (C=O) groups is 5. The van der Waals surface area contributed by atoms with Crippen molar-refractivity contribution in [2.75, 3.05) is 38.1 Å². The van der Waals surface area contributed by atoms with E-state index in [1.165, 1.54) is 29.2 Å². The summed E-state index contributed by atoms with van der Waals surface area (Å²) in [5.41, 5.74) is 0.280. The van der Waals surface area contributed by atoms with E-state index in [2.05, 4.69) is 20.8 Å². The van der Waals surface area contributed by atoms with Gasteiger partial charge in [0.1, 0.15) is 35.6 Å². The van der Waals surface area contributed by atoms with E-state index in [0.29, 0.717) is 12.3 Å². The lowest BCUT2D eigenvalue weighted by Crippen LogP contribution is -2.61. The van der Waals surface area contributed by atoms with Gasteiger partial charge in [-0.1, -0.05) is 39.3 Å². The van der Waals surface area contributed by atoms with E-state index in [9.17, 15) is 29.1 Å². The molecular formula is C34H47Cl2NO9. The number of nitrogens with zero attached hydrogens (tertiary/aromatic N) is 1. The van der Waals surface area contributed by atoms with Gasteiger partial charge in [-0.25, -0.2) is 0 Å². The average molecular weight is 685 g/mol. The number of hydrogen-bond acceptors (Lipinski definition) is 10. The number of aromatic hydroxyl groups is 1. The van der Waals surface area contributed by atoms with Crippen molar-refractivity contribution in [3.05, 3.63) is 29.8 Å². The normalized spacial score (nSPS) is 27.4. The number of alkyl halides is 2. The standard InChI is InChI=1S/C34H47Cl2NO9/c1-6-44-32(41)26-25(21-9-11-22(38)12-10-21)27(33(42)45-7-2)31(40)28(30(26)39)29(37(16-14-35)17-15-36)34(43)46-24-18-20(5)8-13-23(24)19(3)4/h9-12,19-20,23-29,38H,6-8,13-18H2,1-5H3/t20-,23-,24-,25?,26-,27+,28?,29+/m1/s1. The molecular weight excluding hydrogens is 637 g/mol. The predicted octanol–water partition coefficient (Wildman–Crippen LogP) is 4.75. The molecule has 10 nitrogen and oxygen atoms in total. The number of phenols is 1. The summed E-state index contributed by atoms with van der Waals surface area (Å²) in [5.74, 6) is -10.2. The van der Waals surface area contributed by atoms with Crippen LogP contribution < -0.4 is 0 Å². The molecule has 0 aromatic heterocycles. The van der Waals surface area contributed by atoms with Crippen molar-refractivity contribution in [2.45, 2.75) is 71.9 Å². The fourth-order valence-electron chi connectivity index (χ4n) is 7.03. The van der Waals surface area contributed by atoms with Crippen LogP contribution >= 0.6 is 23.2 Å². The lowest BCUT2D eigenvalue weighted by molar-refractivity contribution is -0.175. The van der Waals surface area contributed by atoms with Crippen LogP contribution in [0.4, 0.5) is 0 Å². The topological polar surface area (TPSA) is 137 Å². The van der Waals surface area contributed by atoms with Crippen molar-refractivity contribution in [3.63, 3.8) is 0 Å². The summed E-state index contributed by atoms with van der Waals surface area (Å²) in [7, 11) is 0. The van der Waals surface area contributed by atoms with Gasteiger partial charge >= 0.3 is 17.9 Å². The van der Waals surface area contributed by atoms with Crippen molar-refractivity contribution in [2.24, 2.45) is 35.5 Å². The number of hydrogen-bond donors (Lipinski definition) is 1.